The van der Waals surface area contributed by atoms with Crippen LogP contribution >= 0.6 is 0 Å². The van der Waals surface area contributed by atoms with Gasteiger partial charge in [0, 0.05) is 12.5 Å². The number of sulfonamides is 1. The molecular weight excluding hydrogens is 442 g/mol. The fourth-order valence-electron chi connectivity index (χ4n) is 3.36. The number of nitrogens with zero attached hydrogens (tertiary/aromatic N) is 2. The van der Waals surface area contributed by atoms with Gasteiger partial charge >= 0.3 is 0 Å². The van der Waals surface area contributed by atoms with Crippen molar-refractivity contribution in [2.45, 2.75) is 18.7 Å². The van der Waals surface area contributed by atoms with E-state index in [0.29, 0.717) is 17.1 Å². The third kappa shape index (κ3) is 4.58. The number of hydrogen-bond acceptors (Lipinski definition) is 6. The van der Waals surface area contributed by atoms with Crippen molar-refractivity contribution >= 4 is 33.1 Å². The molecule has 0 bridgehead atoms. The maximum Gasteiger partial charge on any atom is 0.264 e. The van der Waals surface area contributed by atoms with Gasteiger partial charge in [-0.15, -0.1) is 0 Å². The van der Waals surface area contributed by atoms with E-state index in [4.69, 9.17) is 0 Å². The van der Waals surface area contributed by atoms with E-state index in [2.05, 4.69) is 5.10 Å². The first-order valence-electron chi connectivity index (χ1n) is 9.93. The van der Waals surface area contributed by atoms with Crippen molar-refractivity contribution < 1.29 is 22.8 Å². The topological polar surface area (TPSA) is 115 Å². The highest BCUT2D eigenvalue weighted by atomic mass is 32.2. The van der Waals surface area contributed by atoms with Gasteiger partial charge in [-0.2, -0.15) is 5.10 Å². The van der Waals surface area contributed by atoms with Gasteiger partial charge < -0.3 is 0 Å². The largest absolute Gasteiger partial charge is 0.290 e. The third-order valence-electron chi connectivity index (χ3n) is 4.95. The van der Waals surface area contributed by atoms with E-state index >= 15 is 0 Å². The second-order valence-electron chi connectivity index (χ2n) is 7.51. The van der Waals surface area contributed by atoms with Crippen LogP contribution in [0.4, 0.5) is 0 Å². The van der Waals surface area contributed by atoms with E-state index in [0.717, 1.165) is 18.1 Å². The zero-order valence-corrected chi connectivity index (χ0v) is 18.6. The molecule has 0 saturated carbocycles. The van der Waals surface area contributed by atoms with Crippen molar-refractivity contribution in [2.24, 2.45) is 0 Å². The first-order chi connectivity index (χ1) is 15.6. The van der Waals surface area contributed by atoms with Crippen molar-refractivity contribution in [1.29, 1.82) is 0 Å². The van der Waals surface area contributed by atoms with Crippen LogP contribution in [0, 0.1) is 6.92 Å². The zero-order chi connectivity index (χ0) is 23.8. The highest BCUT2D eigenvalue weighted by Crippen LogP contribution is 2.28. The smallest absolute Gasteiger partial charge is 0.264 e. The monoisotopic (exact) mass is 461 g/mol. The summed E-state index contributed by atoms with van der Waals surface area (Å²) in [6, 6.07) is 15.1. The molecule has 0 unspecified atom stereocenters. The number of allylic oxidation sites excluding steroid dienone is 4. The minimum Gasteiger partial charge on any atom is -0.290 e. The van der Waals surface area contributed by atoms with E-state index in [9.17, 15) is 22.8 Å². The van der Waals surface area contributed by atoms with Crippen molar-refractivity contribution in [3.8, 4) is 16.9 Å². The van der Waals surface area contributed by atoms with Crippen LogP contribution in [0.2, 0.25) is 0 Å². The molecule has 2 aromatic carbocycles. The number of carbonyl (C=O) groups is 3. The molecule has 1 aliphatic rings. The summed E-state index contributed by atoms with van der Waals surface area (Å²) in [6.45, 7) is 3.08. The Morgan fingerprint density at radius 1 is 0.970 bits per heavy atom. The average Bonchev–Trinajstić information content (AvgIpc) is 3.20. The number of carbonyl (C=O) groups excluding carboxylic acids is 3. The highest BCUT2D eigenvalue weighted by molar-refractivity contribution is 7.90. The summed E-state index contributed by atoms with van der Waals surface area (Å²) in [5.41, 5.74) is 3.52. The lowest BCUT2D eigenvalue weighted by atomic mass is 9.99. The highest BCUT2D eigenvalue weighted by Gasteiger charge is 2.22. The molecule has 1 aliphatic carbocycles. The van der Waals surface area contributed by atoms with Gasteiger partial charge in [0.1, 0.15) is 0 Å². The van der Waals surface area contributed by atoms with E-state index in [1.165, 1.54) is 47.2 Å². The van der Waals surface area contributed by atoms with Crippen molar-refractivity contribution in [1.82, 2.24) is 14.5 Å². The summed E-state index contributed by atoms with van der Waals surface area (Å²) in [7, 11) is -4.00. The van der Waals surface area contributed by atoms with Crippen molar-refractivity contribution in [2.75, 3.05) is 0 Å². The minimum absolute atomic E-state index is 0.0972. The molecule has 0 atom stereocenters. The summed E-state index contributed by atoms with van der Waals surface area (Å²) in [4.78, 5) is 35.6. The quantitative estimate of drug-likeness (QED) is 0.584. The first-order valence-corrected chi connectivity index (χ1v) is 11.4. The van der Waals surface area contributed by atoms with Crippen LogP contribution in [-0.2, 0) is 24.4 Å². The van der Waals surface area contributed by atoms with Gasteiger partial charge in [-0.3, -0.25) is 14.4 Å². The summed E-state index contributed by atoms with van der Waals surface area (Å²) in [5.74, 6) is -1.35. The number of rotatable bonds is 5. The second kappa shape index (κ2) is 8.44. The number of ketones is 2. The fraction of sp³-hybridized carbons (Fsp3) is 0.0833. The maximum absolute atomic E-state index is 12.5. The van der Waals surface area contributed by atoms with Crippen molar-refractivity contribution in [3.63, 3.8) is 0 Å². The molecule has 0 saturated heterocycles. The van der Waals surface area contributed by atoms with Gasteiger partial charge in [0.15, 0.2) is 11.6 Å². The van der Waals surface area contributed by atoms with Crippen LogP contribution < -0.4 is 4.72 Å². The van der Waals surface area contributed by atoms with Crippen LogP contribution in [0.5, 0.6) is 0 Å². The van der Waals surface area contributed by atoms with Gasteiger partial charge in [-0.1, -0.05) is 29.8 Å². The van der Waals surface area contributed by atoms with Crippen LogP contribution in [0.3, 0.4) is 0 Å². The molecule has 0 aliphatic heterocycles. The van der Waals surface area contributed by atoms with Gasteiger partial charge in [0.2, 0.25) is 5.91 Å². The van der Waals surface area contributed by atoms with E-state index in [1.807, 2.05) is 35.9 Å². The van der Waals surface area contributed by atoms with Gasteiger partial charge in [-0.05, 0) is 55.5 Å². The lowest BCUT2D eigenvalue weighted by Crippen LogP contribution is -2.28. The van der Waals surface area contributed by atoms with Gasteiger partial charge in [0.05, 0.1) is 27.5 Å². The fourth-order valence-corrected chi connectivity index (χ4v) is 4.35. The number of hydrogen-bond donors (Lipinski definition) is 1. The van der Waals surface area contributed by atoms with E-state index < -0.39 is 15.9 Å². The van der Waals surface area contributed by atoms with Crippen molar-refractivity contribution in [3.05, 3.63) is 84.1 Å². The number of aromatic nitrogens is 2. The van der Waals surface area contributed by atoms with Crippen LogP contribution in [0.15, 0.2) is 77.7 Å². The molecule has 3 aromatic rings. The summed E-state index contributed by atoms with van der Waals surface area (Å²) < 4.78 is 27.9. The molecule has 0 spiro atoms. The molecule has 8 nitrogen and oxygen atoms in total. The molecule has 1 amide bonds. The summed E-state index contributed by atoms with van der Waals surface area (Å²) >= 11 is 0. The number of aryl methyl sites for hydroxylation is 1. The first kappa shape index (κ1) is 22.1. The van der Waals surface area contributed by atoms with Gasteiger partial charge in [0.25, 0.3) is 10.0 Å². The Kier molecular flexibility index (Phi) is 5.65. The molecule has 0 radical (unpaired) electrons. The minimum atomic E-state index is -4.00. The summed E-state index contributed by atoms with van der Waals surface area (Å²) in [5, 5.41) is 4.62. The summed E-state index contributed by atoms with van der Waals surface area (Å²) in [6.07, 6.45) is 3.67. The van der Waals surface area contributed by atoms with Crippen LogP contribution in [0.25, 0.3) is 22.5 Å². The molecule has 1 aromatic heterocycles. The average molecular weight is 461 g/mol. The van der Waals surface area contributed by atoms with Crippen LogP contribution in [-0.4, -0.2) is 35.7 Å². The Labute approximate surface area is 190 Å². The Morgan fingerprint density at radius 2 is 1.64 bits per heavy atom. The Bertz CT molecular complexity index is 1440. The number of amides is 1. The lowest BCUT2D eigenvalue weighted by molar-refractivity contribution is -0.117. The second-order valence-corrected chi connectivity index (χ2v) is 9.19. The van der Waals surface area contributed by atoms with E-state index in [1.54, 1.807) is 6.07 Å². The number of nitrogens with one attached hydrogen (secondary N) is 1. The van der Waals surface area contributed by atoms with E-state index in [-0.39, 0.29) is 22.0 Å². The maximum atomic E-state index is 12.5. The molecule has 33 heavy (non-hydrogen) atoms. The molecule has 166 valence electrons. The molecule has 4 rings (SSSR count). The Hall–Kier alpha value is -4.11. The molecule has 0 fully saturated rings. The lowest BCUT2D eigenvalue weighted by Gasteiger charge is -2.11. The SMILES string of the molecule is CC(=O)NS(=O)(=O)c1ccc(-n2nc(-c3ccc(C)cc3)cc2C2=CC(=O)C=CC2=O)cc1. The third-order valence-corrected chi connectivity index (χ3v) is 6.40. The molecule has 1 heterocycles. The van der Waals surface area contributed by atoms with Gasteiger partial charge in [-0.25, -0.2) is 17.8 Å². The molecular formula is C24H19N3O5S. The molecule has 9 heteroatoms. The Morgan fingerprint density at radius 3 is 2.27 bits per heavy atom. The normalized spacial score (nSPS) is 13.7. The predicted octanol–water partition coefficient (Wildman–Crippen LogP) is 2.76. The molecule has 1 N–H and O–H groups in total. The predicted molar refractivity (Wildman–Crippen MR) is 122 cm³/mol. The number of benzene rings is 2. The van der Waals surface area contributed by atoms with Crippen LogP contribution in [0.1, 0.15) is 18.2 Å². The Balaban J connectivity index is 1.83. The standard InChI is InChI=1S/C24H19N3O5S/c1-15-3-5-17(6-4-15)22-14-23(21-13-19(29)9-12-24(21)30)27(25-22)18-7-10-20(11-8-18)33(31,32)26-16(2)28/h3-14H,1-2H3,(H,26,28). The zero-order valence-electron chi connectivity index (χ0n) is 17.8.